The molecule has 1 rings (SSSR count). The van der Waals surface area contributed by atoms with Crippen LogP contribution in [0, 0.1) is 0 Å². The second-order valence-corrected chi connectivity index (χ2v) is 5.24. The van der Waals surface area contributed by atoms with Gasteiger partial charge < -0.3 is 15.2 Å². The van der Waals surface area contributed by atoms with Crippen LogP contribution < -0.4 is 5.32 Å². The Labute approximate surface area is 111 Å². The number of rotatable bonds is 3. The molecule has 1 atom stereocenters. The Hall–Kier alpha value is -1.33. The number of hydrogen-bond donors (Lipinski definition) is 2. The number of carbonyl (C=O) groups excluding carboxylic acids is 1. The fourth-order valence-corrected chi connectivity index (χ4v) is 1.29. The van der Waals surface area contributed by atoms with Crippen LogP contribution in [0.15, 0.2) is 18.3 Å². The van der Waals surface area contributed by atoms with Crippen molar-refractivity contribution in [2.75, 3.05) is 6.54 Å². The molecule has 6 heteroatoms. The van der Waals surface area contributed by atoms with Crippen molar-refractivity contribution >= 4 is 17.7 Å². The molecule has 100 valence electrons. The summed E-state index contributed by atoms with van der Waals surface area (Å²) in [5.74, 6) is 0. The lowest BCUT2D eigenvalue weighted by atomic mass is 10.2. The molecule has 0 saturated heterocycles. The molecular formula is C12H17ClN2O3. The van der Waals surface area contributed by atoms with Gasteiger partial charge in [-0.25, -0.2) is 4.79 Å². The van der Waals surface area contributed by atoms with E-state index in [0.29, 0.717) is 10.7 Å². The number of aromatic nitrogens is 1. The molecule has 1 aromatic heterocycles. The van der Waals surface area contributed by atoms with Crippen LogP contribution in [0.3, 0.4) is 0 Å². The second-order valence-electron chi connectivity index (χ2n) is 4.80. The van der Waals surface area contributed by atoms with Gasteiger partial charge in [0.2, 0.25) is 0 Å². The van der Waals surface area contributed by atoms with E-state index in [-0.39, 0.29) is 6.54 Å². The largest absolute Gasteiger partial charge is 0.444 e. The standard InChI is InChI=1S/C12H17ClN2O3/c1-12(2,3)18-11(17)15-7-10(16)9-5-4-8(13)6-14-9/h4-6,10,16H,7H2,1-3H3,(H,15,17). The van der Waals surface area contributed by atoms with E-state index in [1.54, 1.807) is 32.9 Å². The Kier molecular flexibility index (Phi) is 4.93. The van der Waals surface area contributed by atoms with E-state index in [9.17, 15) is 9.90 Å². The number of amides is 1. The fourth-order valence-electron chi connectivity index (χ4n) is 1.18. The van der Waals surface area contributed by atoms with Crippen molar-refractivity contribution in [2.45, 2.75) is 32.5 Å². The Balaban J connectivity index is 2.44. The average Bonchev–Trinajstić information content (AvgIpc) is 2.24. The molecule has 0 bridgehead atoms. The molecule has 0 aromatic carbocycles. The van der Waals surface area contributed by atoms with Gasteiger partial charge in [-0.2, -0.15) is 0 Å². The number of aliphatic hydroxyl groups is 1. The summed E-state index contributed by atoms with van der Waals surface area (Å²) in [4.78, 5) is 15.3. The summed E-state index contributed by atoms with van der Waals surface area (Å²) < 4.78 is 5.04. The molecule has 0 aliphatic heterocycles. The maximum absolute atomic E-state index is 11.4. The van der Waals surface area contributed by atoms with Crippen LogP contribution in [0.25, 0.3) is 0 Å². The molecule has 1 aromatic rings. The molecule has 18 heavy (non-hydrogen) atoms. The summed E-state index contributed by atoms with van der Waals surface area (Å²) in [7, 11) is 0. The average molecular weight is 273 g/mol. The minimum absolute atomic E-state index is 0.0313. The van der Waals surface area contributed by atoms with Gasteiger partial charge in [-0.1, -0.05) is 11.6 Å². The maximum Gasteiger partial charge on any atom is 0.407 e. The first-order valence-electron chi connectivity index (χ1n) is 5.54. The SMILES string of the molecule is CC(C)(C)OC(=O)NCC(O)c1ccc(Cl)cn1. The molecule has 2 N–H and O–H groups in total. The highest BCUT2D eigenvalue weighted by molar-refractivity contribution is 6.30. The predicted octanol–water partition coefficient (Wildman–Crippen LogP) is 2.29. The van der Waals surface area contributed by atoms with Crippen molar-refractivity contribution in [2.24, 2.45) is 0 Å². The molecule has 0 fully saturated rings. The number of aliphatic hydroxyl groups excluding tert-OH is 1. The van der Waals surface area contributed by atoms with Crippen LogP contribution in [0.1, 0.15) is 32.6 Å². The summed E-state index contributed by atoms with van der Waals surface area (Å²) >= 11 is 5.68. The minimum Gasteiger partial charge on any atom is -0.444 e. The monoisotopic (exact) mass is 272 g/mol. The summed E-state index contributed by atoms with van der Waals surface area (Å²) in [6.07, 6.45) is -0.0292. The van der Waals surface area contributed by atoms with Gasteiger partial charge in [-0.15, -0.1) is 0 Å². The van der Waals surface area contributed by atoms with Gasteiger partial charge >= 0.3 is 6.09 Å². The third kappa shape index (κ3) is 5.33. The molecule has 0 saturated carbocycles. The highest BCUT2D eigenvalue weighted by Gasteiger charge is 2.17. The van der Waals surface area contributed by atoms with Crippen molar-refractivity contribution in [3.63, 3.8) is 0 Å². The maximum atomic E-state index is 11.4. The van der Waals surface area contributed by atoms with Gasteiger partial charge in [0.15, 0.2) is 0 Å². The van der Waals surface area contributed by atoms with E-state index in [4.69, 9.17) is 16.3 Å². The Bertz CT molecular complexity index is 401. The van der Waals surface area contributed by atoms with Crippen molar-refractivity contribution in [1.82, 2.24) is 10.3 Å². The van der Waals surface area contributed by atoms with E-state index in [1.807, 2.05) is 0 Å². The van der Waals surface area contributed by atoms with Gasteiger partial charge in [0, 0.05) is 6.20 Å². The topological polar surface area (TPSA) is 71.5 Å². The zero-order valence-corrected chi connectivity index (χ0v) is 11.4. The highest BCUT2D eigenvalue weighted by atomic mass is 35.5. The summed E-state index contributed by atoms with van der Waals surface area (Å²) in [5, 5.41) is 12.7. The fraction of sp³-hybridized carbons (Fsp3) is 0.500. The normalized spacial score (nSPS) is 12.9. The number of hydrogen-bond acceptors (Lipinski definition) is 4. The lowest BCUT2D eigenvalue weighted by molar-refractivity contribution is 0.0490. The molecule has 1 heterocycles. The number of ether oxygens (including phenoxy) is 1. The number of alkyl carbamates (subject to hydrolysis) is 1. The first kappa shape index (κ1) is 14.7. The zero-order valence-electron chi connectivity index (χ0n) is 10.6. The third-order valence-corrected chi connectivity index (χ3v) is 2.15. The van der Waals surface area contributed by atoms with Crippen LogP contribution in [-0.4, -0.2) is 28.3 Å². The number of halogens is 1. The number of carbonyl (C=O) groups is 1. The molecular weight excluding hydrogens is 256 g/mol. The molecule has 0 aliphatic rings. The van der Waals surface area contributed by atoms with Crippen LogP contribution >= 0.6 is 11.6 Å². The molecule has 1 unspecified atom stereocenters. The van der Waals surface area contributed by atoms with Crippen LogP contribution in [0.4, 0.5) is 4.79 Å². The molecule has 1 amide bonds. The van der Waals surface area contributed by atoms with E-state index >= 15 is 0 Å². The molecule has 0 spiro atoms. The lowest BCUT2D eigenvalue weighted by Gasteiger charge is -2.20. The second kappa shape index (κ2) is 6.02. The van der Waals surface area contributed by atoms with E-state index < -0.39 is 17.8 Å². The number of nitrogens with zero attached hydrogens (tertiary/aromatic N) is 1. The minimum atomic E-state index is -0.894. The smallest absolute Gasteiger partial charge is 0.407 e. The van der Waals surface area contributed by atoms with E-state index in [0.717, 1.165) is 0 Å². The Morgan fingerprint density at radius 1 is 1.56 bits per heavy atom. The van der Waals surface area contributed by atoms with Crippen LogP contribution in [0.5, 0.6) is 0 Å². The first-order valence-corrected chi connectivity index (χ1v) is 5.92. The van der Waals surface area contributed by atoms with Gasteiger partial charge in [-0.3, -0.25) is 4.98 Å². The van der Waals surface area contributed by atoms with Crippen molar-refractivity contribution < 1.29 is 14.6 Å². The summed E-state index contributed by atoms with van der Waals surface area (Å²) in [6, 6.07) is 3.23. The van der Waals surface area contributed by atoms with Crippen molar-refractivity contribution in [1.29, 1.82) is 0 Å². The molecule has 0 radical (unpaired) electrons. The first-order chi connectivity index (χ1) is 8.28. The highest BCUT2D eigenvalue weighted by Crippen LogP contribution is 2.13. The Morgan fingerprint density at radius 2 is 2.22 bits per heavy atom. The quantitative estimate of drug-likeness (QED) is 0.886. The third-order valence-electron chi connectivity index (χ3n) is 1.93. The van der Waals surface area contributed by atoms with Crippen LogP contribution in [-0.2, 0) is 4.74 Å². The van der Waals surface area contributed by atoms with Gasteiger partial charge in [0.25, 0.3) is 0 Å². The van der Waals surface area contributed by atoms with Crippen molar-refractivity contribution in [3.8, 4) is 0 Å². The summed E-state index contributed by atoms with van der Waals surface area (Å²) in [6.45, 7) is 5.33. The van der Waals surface area contributed by atoms with E-state index in [2.05, 4.69) is 10.3 Å². The van der Waals surface area contributed by atoms with Gasteiger partial charge in [0.1, 0.15) is 11.7 Å². The van der Waals surface area contributed by atoms with Gasteiger partial charge in [0.05, 0.1) is 17.3 Å². The number of nitrogens with one attached hydrogen (secondary N) is 1. The number of pyridine rings is 1. The molecule has 5 nitrogen and oxygen atoms in total. The zero-order chi connectivity index (χ0) is 13.8. The lowest BCUT2D eigenvalue weighted by Crippen LogP contribution is -2.34. The van der Waals surface area contributed by atoms with E-state index in [1.165, 1.54) is 6.20 Å². The van der Waals surface area contributed by atoms with Crippen molar-refractivity contribution in [3.05, 3.63) is 29.0 Å². The van der Waals surface area contributed by atoms with Gasteiger partial charge in [-0.05, 0) is 32.9 Å². The summed E-state index contributed by atoms with van der Waals surface area (Å²) in [5.41, 5.74) is -0.122. The van der Waals surface area contributed by atoms with Crippen LogP contribution in [0.2, 0.25) is 5.02 Å². The molecule has 0 aliphatic carbocycles. The predicted molar refractivity (Wildman–Crippen MR) is 68.4 cm³/mol. The Morgan fingerprint density at radius 3 is 2.72 bits per heavy atom.